The van der Waals surface area contributed by atoms with Crippen molar-refractivity contribution in [2.24, 2.45) is 0 Å². The van der Waals surface area contributed by atoms with Crippen molar-refractivity contribution in [2.45, 2.75) is 31.8 Å². The van der Waals surface area contributed by atoms with Crippen LogP contribution < -0.4 is 4.74 Å². The van der Waals surface area contributed by atoms with Gasteiger partial charge >= 0.3 is 0 Å². The molecule has 2 unspecified atom stereocenters. The lowest BCUT2D eigenvalue weighted by molar-refractivity contribution is 0.140. The van der Waals surface area contributed by atoms with Crippen molar-refractivity contribution in [2.75, 3.05) is 13.2 Å². The lowest BCUT2D eigenvalue weighted by Crippen LogP contribution is -2.39. The maximum atomic E-state index is 6.22. The fourth-order valence-electron chi connectivity index (χ4n) is 2.38. The van der Waals surface area contributed by atoms with E-state index < -0.39 is 0 Å². The van der Waals surface area contributed by atoms with Crippen LogP contribution in [-0.4, -0.2) is 29.5 Å². The van der Waals surface area contributed by atoms with Crippen molar-refractivity contribution in [1.82, 2.24) is 4.90 Å². The monoisotopic (exact) mass is 317 g/mol. The average Bonchev–Trinajstić information content (AvgIpc) is 2.53. The fourth-order valence-corrected chi connectivity index (χ4v) is 2.56. The summed E-state index contributed by atoms with van der Waals surface area (Å²) in [6, 6.07) is 20.7. The average molecular weight is 318 g/mol. The second-order valence-electron chi connectivity index (χ2n) is 5.67. The van der Waals surface area contributed by atoms with Crippen molar-refractivity contribution in [3.63, 3.8) is 0 Å². The standard InChI is InChI=1S/C19H24ClNO/c1-16(20)13-21(14-18-9-5-3-6-10-18)17(2)15-22-19-11-7-4-8-12-19/h3-12,16-17H,13-15H2,1-2H3. The number of nitrogens with zero attached hydrogens (tertiary/aromatic N) is 1. The zero-order chi connectivity index (χ0) is 15.8. The molecule has 0 aliphatic heterocycles. The minimum atomic E-state index is 0.114. The van der Waals surface area contributed by atoms with Gasteiger partial charge in [-0.3, -0.25) is 4.90 Å². The van der Waals surface area contributed by atoms with E-state index in [-0.39, 0.29) is 5.38 Å². The molecule has 0 radical (unpaired) electrons. The van der Waals surface area contributed by atoms with E-state index in [1.807, 2.05) is 43.3 Å². The number of hydrogen-bond donors (Lipinski definition) is 0. The number of alkyl halides is 1. The van der Waals surface area contributed by atoms with Crippen LogP contribution in [0.4, 0.5) is 0 Å². The van der Waals surface area contributed by atoms with Crippen LogP contribution in [0.15, 0.2) is 60.7 Å². The highest BCUT2D eigenvalue weighted by Gasteiger charge is 2.17. The van der Waals surface area contributed by atoms with E-state index >= 15 is 0 Å². The number of halogens is 1. The van der Waals surface area contributed by atoms with Crippen molar-refractivity contribution in [1.29, 1.82) is 0 Å². The third-order valence-corrected chi connectivity index (χ3v) is 3.71. The maximum Gasteiger partial charge on any atom is 0.119 e. The lowest BCUT2D eigenvalue weighted by Gasteiger charge is -2.30. The SMILES string of the molecule is CC(Cl)CN(Cc1ccccc1)C(C)COc1ccccc1. The number of hydrogen-bond acceptors (Lipinski definition) is 2. The maximum absolute atomic E-state index is 6.22. The first-order chi connectivity index (χ1) is 10.6. The Kier molecular flexibility index (Phi) is 6.75. The molecule has 0 aliphatic rings. The Balaban J connectivity index is 1.95. The number of ether oxygens (including phenoxy) is 1. The van der Waals surface area contributed by atoms with Gasteiger partial charge in [-0.05, 0) is 31.5 Å². The molecule has 0 aromatic heterocycles. The van der Waals surface area contributed by atoms with Crippen molar-refractivity contribution < 1.29 is 4.74 Å². The van der Waals surface area contributed by atoms with Gasteiger partial charge in [0.25, 0.3) is 0 Å². The molecule has 118 valence electrons. The molecular formula is C19H24ClNO. The molecule has 0 amide bonds. The van der Waals surface area contributed by atoms with E-state index in [0.717, 1.165) is 18.8 Å². The molecule has 3 heteroatoms. The summed E-state index contributed by atoms with van der Waals surface area (Å²) in [6.45, 7) is 6.60. The van der Waals surface area contributed by atoms with Crippen molar-refractivity contribution in [3.05, 3.63) is 66.2 Å². The molecule has 0 N–H and O–H groups in total. The Morgan fingerprint density at radius 3 is 2.14 bits per heavy atom. The van der Waals surface area contributed by atoms with E-state index in [0.29, 0.717) is 12.6 Å². The van der Waals surface area contributed by atoms with E-state index in [2.05, 4.69) is 36.1 Å². The Morgan fingerprint density at radius 1 is 0.955 bits per heavy atom. The summed E-state index contributed by atoms with van der Waals surface area (Å²) < 4.78 is 5.88. The first-order valence-corrected chi connectivity index (χ1v) is 8.18. The van der Waals surface area contributed by atoms with Gasteiger partial charge in [0.1, 0.15) is 12.4 Å². The van der Waals surface area contributed by atoms with E-state index in [4.69, 9.17) is 16.3 Å². The van der Waals surface area contributed by atoms with Gasteiger partial charge in [0.2, 0.25) is 0 Å². The zero-order valence-corrected chi connectivity index (χ0v) is 14.0. The van der Waals surface area contributed by atoms with Crippen LogP contribution in [0.25, 0.3) is 0 Å². The highest BCUT2D eigenvalue weighted by atomic mass is 35.5. The molecule has 2 aromatic rings. The third-order valence-electron chi connectivity index (χ3n) is 3.57. The summed E-state index contributed by atoms with van der Waals surface area (Å²) in [4.78, 5) is 2.37. The van der Waals surface area contributed by atoms with Gasteiger partial charge in [0.15, 0.2) is 0 Å². The van der Waals surface area contributed by atoms with Gasteiger partial charge < -0.3 is 4.74 Å². The van der Waals surface area contributed by atoms with Crippen LogP contribution in [0.3, 0.4) is 0 Å². The predicted octanol–water partition coefficient (Wildman–Crippen LogP) is 4.58. The van der Waals surface area contributed by atoms with Crippen LogP contribution >= 0.6 is 11.6 Å². The molecule has 0 heterocycles. The van der Waals surface area contributed by atoms with Crippen LogP contribution in [-0.2, 0) is 6.54 Å². The van der Waals surface area contributed by atoms with Crippen molar-refractivity contribution in [3.8, 4) is 5.75 Å². The summed E-state index contributed by atoms with van der Waals surface area (Å²) in [5.41, 5.74) is 1.30. The number of rotatable bonds is 8. The highest BCUT2D eigenvalue weighted by Crippen LogP contribution is 2.14. The summed E-state index contributed by atoms with van der Waals surface area (Å²) in [5, 5.41) is 0.114. The Labute approximate surface area is 138 Å². The molecule has 0 saturated carbocycles. The highest BCUT2D eigenvalue weighted by molar-refractivity contribution is 6.20. The van der Waals surface area contributed by atoms with E-state index in [1.54, 1.807) is 0 Å². The largest absolute Gasteiger partial charge is 0.492 e. The Bertz CT molecular complexity index is 530. The van der Waals surface area contributed by atoms with Gasteiger partial charge in [-0.2, -0.15) is 0 Å². The molecule has 2 atom stereocenters. The first kappa shape index (κ1) is 16.9. The molecule has 0 saturated heterocycles. The summed E-state index contributed by atoms with van der Waals surface area (Å²) in [7, 11) is 0. The van der Waals surface area contributed by atoms with Gasteiger partial charge in [0.05, 0.1) is 0 Å². The molecule has 22 heavy (non-hydrogen) atoms. The van der Waals surface area contributed by atoms with Crippen LogP contribution in [0.2, 0.25) is 0 Å². The van der Waals surface area contributed by atoms with Crippen LogP contribution in [0, 0.1) is 0 Å². The Morgan fingerprint density at radius 2 is 1.55 bits per heavy atom. The molecule has 2 rings (SSSR count). The van der Waals surface area contributed by atoms with Crippen LogP contribution in [0.5, 0.6) is 5.75 Å². The topological polar surface area (TPSA) is 12.5 Å². The quantitative estimate of drug-likeness (QED) is 0.661. The number of benzene rings is 2. The minimum absolute atomic E-state index is 0.114. The molecule has 0 aliphatic carbocycles. The van der Waals surface area contributed by atoms with E-state index in [9.17, 15) is 0 Å². The second-order valence-corrected chi connectivity index (χ2v) is 6.41. The first-order valence-electron chi connectivity index (χ1n) is 7.75. The molecule has 0 bridgehead atoms. The van der Waals surface area contributed by atoms with Gasteiger partial charge in [-0.15, -0.1) is 11.6 Å². The summed E-state index contributed by atoms with van der Waals surface area (Å²) in [6.07, 6.45) is 0. The molecule has 0 spiro atoms. The summed E-state index contributed by atoms with van der Waals surface area (Å²) >= 11 is 6.22. The third kappa shape index (κ3) is 5.70. The van der Waals surface area contributed by atoms with Gasteiger partial charge in [-0.25, -0.2) is 0 Å². The Hall–Kier alpha value is -1.51. The second kappa shape index (κ2) is 8.82. The van der Waals surface area contributed by atoms with Gasteiger partial charge in [0, 0.05) is 24.5 Å². The number of para-hydroxylation sites is 1. The zero-order valence-electron chi connectivity index (χ0n) is 13.3. The van der Waals surface area contributed by atoms with Gasteiger partial charge in [-0.1, -0.05) is 48.5 Å². The lowest BCUT2D eigenvalue weighted by atomic mass is 10.1. The molecule has 2 aromatic carbocycles. The molecular weight excluding hydrogens is 294 g/mol. The molecule has 2 nitrogen and oxygen atoms in total. The minimum Gasteiger partial charge on any atom is -0.492 e. The summed E-state index contributed by atoms with van der Waals surface area (Å²) in [5.74, 6) is 0.910. The van der Waals surface area contributed by atoms with E-state index in [1.165, 1.54) is 5.56 Å². The fraction of sp³-hybridized carbons (Fsp3) is 0.368. The molecule has 0 fully saturated rings. The normalized spacial score (nSPS) is 13.8. The van der Waals surface area contributed by atoms with Crippen molar-refractivity contribution >= 4 is 11.6 Å². The predicted molar refractivity (Wildman–Crippen MR) is 93.6 cm³/mol. The smallest absolute Gasteiger partial charge is 0.119 e. The van der Waals surface area contributed by atoms with Crippen LogP contribution in [0.1, 0.15) is 19.4 Å².